The Kier molecular flexibility index (Phi) is 5.16. The summed E-state index contributed by atoms with van der Waals surface area (Å²) < 4.78 is 5.17. The number of hydrogen-bond donors (Lipinski definition) is 0. The molecule has 128 valence electrons. The second-order valence-electron chi connectivity index (χ2n) is 5.50. The first-order chi connectivity index (χ1) is 12.0. The first-order valence-electron chi connectivity index (χ1n) is 7.62. The molecule has 4 nitrogen and oxygen atoms in total. The maximum absolute atomic E-state index is 12.9. The van der Waals surface area contributed by atoms with E-state index in [-0.39, 0.29) is 5.91 Å². The van der Waals surface area contributed by atoms with Crippen molar-refractivity contribution >= 4 is 46.2 Å². The third kappa shape index (κ3) is 3.57. The molecule has 6 heteroatoms. The van der Waals surface area contributed by atoms with Gasteiger partial charge in [0, 0.05) is 0 Å². The third-order valence-corrected chi connectivity index (χ3v) is 4.72. The molecule has 1 heterocycles. The van der Waals surface area contributed by atoms with Crippen molar-refractivity contribution in [1.82, 2.24) is 0 Å². The molecule has 3 rings (SSSR count). The van der Waals surface area contributed by atoms with E-state index in [1.165, 1.54) is 17.3 Å². The molecule has 25 heavy (non-hydrogen) atoms. The normalized spacial score (nSPS) is 15.7. The number of hydrogen-bond acceptors (Lipinski definition) is 4. The maximum Gasteiger partial charge on any atom is 0.283 e. The van der Waals surface area contributed by atoms with Gasteiger partial charge in [-0.15, -0.1) is 0 Å². The summed E-state index contributed by atoms with van der Waals surface area (Å²) >= 11 is 7.61. The highest BCUT2D eigenvalue weighted by Crippen LogP contribution is 2.33. The molecule has 0 aliphatic carbocycles. The van der Waals surface area contributed by atoms with Crippen LogP contribution in [-0.2, 0) is 4.79 Å². The van der Waals surface area contributed by atoms with Crippen LogP contribution in [0.2, 0.25) is 5.02 Å². The first-order valence-corrected chi connectivity index (χ1v) is 9.23. The molecular weight excluding hydrogens is 356 g/mol. The minimum Gasteiger partial charge on any atom is -0.495 e. The summed E-state index contributed by atoms with van der Waals surface area (Å²) in [5, 5.41) is 1.06. The molecule has 0 radical (unpaired) electrons. The van der Waals surface area contributed by atoms with Crippen molar-refractivity contribution in [3.05, 3.63) is 64.3 Å². The second-order valence-corrected chi connectivity index (χ2v) is 6.68. The Bertz CT molecular complexity index is 875. The molecule has 2 aromatic carbocycles. The van der Waals surface area contributed by atoms with E-state index in [1.807, 2.05) is 37.4 Å². The van der Waals surface area contributed by atoms with Crippen molar-refractivity contribution < 1.29 is 9.53 Å². The predicted molar refractivity (Wildman–Crippen MR) is 106 cm³/mol. The van der Waals surface area contributed by atoms with Gasteiger partial charge in [0.2, 0.25) is 0 Å². The number of anilines is 1. The number of amidine groups is 1. The van der Waals surface area contributed by atoms with Gasteiger partial charge in [-0.25, -0.2) is 4.99 Å². The lowest BCUT2D eigenvalue weighted by Crippen LogP contribution is -2.30. The van der Waals surface area contributed by atoms with Crippen molar-refractivity contribution in [2.45, 2.75) is 6.92 Å². The Morgan fingerprint density at radius 2 is 1.92 bits per heavy atom. The van der Waals surface area contributed by atoms with Crippen LogP contribution in [0.1, 0.15) is 11.1 Å². The van der Waals surface area contributed by atoms with Crippen LogP contribution in [0, 0.1) is 6.92 Å². The number of rotatable bonds is 3. The zero-order chi connectivity index (χ0) is 18.0. The number of nitrogens with zero attached hydrogens (tertiary/aromatic N) is 2. The Morgan fingerprint density at radius 3 is 2.52 bits per heavy atom. The van der Waals surface area contributed by atoms with Crippen molar-refractivity contribution in [3.63, 3.8) is 0 Å². The van der Waals surface area contributed by atoms with E-state index in [0.717, 1.165) is 5.56 Å². The summed E-state index contributed by atoms with van der Waals surface area (Å²) in [5.41, 5.74) is 3.17. The molecule has 0 N–H and O–H groups in total. The van der Waals surface area contributed by atoms with Crippen LogP contribution in [0.25, 0.3) is 6.08 Å². The van der Waals surface area contributed by atoms with Gasteiger partial charge in [0.25, 0.3) is 5.91 Å². The van der Waals surface area contributed by atoms with E-state index >= 15 is 0 Å². The highest BCUT2D eigenvalue weighted by atomic mass is 35.5. The van der Waals surface area contributed by atoms with Gasteiger partial charge in [-0.05, 0) is 43.0 Å². The van der Waals surface area contributed by atoms with Crippen molar-refractivity contribution in [2.75, 3.05) is 18.3 Å². The van der Waals surface area contributed by atoms with Crippen LogP contribution in [0.3, 0.4) is 0 Å². The number of amides is 1. The number of halogens is 1. The summed E-state index contributed by atoms with van der Waals surface area (Å²) in [7, 11) is 1.55. The average Bonchev–Trinajstić information content (AvgIpc) is 2.92. The fraction of sp³-hybridized carbons (Fsp3) is 0.158. The molecule has 0 bridgehead atoms. The quantitative estimate of drug-likeness (QED) is 0.729. The fourth-order valence-electron chi connectivity index (χ4n) is 2.48. The standard InChI is InChI=1S/C19H17ClN2O2S/c1-12-4-6-13(7-5-12)10-16-18(23)22(19(21-16)25-3)14-8-9-17(24-2)15(20)11-14/h4-11H,1-3H3/b16-10-. The summed E-state index contributed by atoms with van der Waals surface area (Å²) in [6.45, 7) is 2.02. The molecule has 2 aromatic rings. The Labute approximate surface area is 156 Å². The molecule has 1 amide bonds. The Hall–Kier alpha value is -2.24. The molecule has 0 spiro atoms. The molecule has 1 aliphatic heterocycles. The fourth-order valence-corrected chi connectivity index (χ4v) is 3.29. The zero-order valence-corrected chi connectivity index (χ0v) is 15.7. The molecule has 1 aliphatic rings. The van der Waals surface area contributed by atoms with E-state index in [2.05, 4.69) is 4.99 Å². The van der Waals surface area contributed by atoms with E-state index in [1.54, 1.807) is 36.3 Å². The van der Waals surface area contributed by atoms with Crippen LogP contribution in [-0.4, -0.2) is 24.4 Å². The van der Waals surface area contributed by atoms with E-state index in [4.69, 9.17) is 16.3 Å². The molecule has 0 unspecified atom stereocenters. The van der Waals surface area contributed by atoms with Gasteiger partial charge in [-0.2, -0.15) is 0 Å². The monoisotopic (exact) mass is 372 g/mol. The smallest absolute Gasteiger partial charge is 0.283 e. The van der Waals surface area contributed by atoms with Crippen LogP contribution in [0.15, 0.2) is 53.2 Å². The predicted octanol–water partition coefficient (Wildman–Crippen LogP) is 4.76. The Morgan fingerprint density at radius 1 is 1.20 bits per heavy atom. The van der Waals surface area contributed by atoms with Crippen LogP contribution in [0.4, 0.5) is 5.69 Å². The van der Waals surface area contributed by atoms with E-state index in [9.17, 15) is 4.79 Å². The van der Waals surface area contributed by atoms with Gasteiger partial charge in [-0.3, -0.25) is 9.69 Å². The lowest BCUT2D eigenvalue weighted by Gasteiger charge is -2.17. The lowest BCUT2D eigenvalue weighted by molar-refractivity contribution is -0.113. The van der Waals surface area contributed by atoms with E-state index in [0.29, 0.717) is 27.3 Å². The molecule has 0 fully saturated rings. The second kappa shape index (κ2) is 7.33. The largest absolute Gasteiger partial charge is 0.495 e. The number of aliphatic imine (C=N–C) groups is 1. The van der Waals surface area contributed by atoms with Crippen molar-refractivity contribution in [3.8, 4) is 5.75 Å². The SMILES string of the molecule is COc1ccc(N2C(=O)/C(=C/c3ccc(C)cc3)N=C2SC)cc1Cl. The number of aryl methyl sites for hydroxylation is 1. The van der Waals surface area contributed by atoms with Gasteiger partial charge in [-0.1, -0.05) is 53.2 Å². The molecule has 0 saturated carbocycles. The van der Waals surface area contributed by atoms with Crippen LogP contribution in [0.5, 0.6) is 5.75 Å². The minimum atomic E-state index is -0.175. The Balaban J connectivity index is 1.97. The van der Waals surface area contributed by atoms with Gasteiger partial charge < -0.3 is 4.74 Å². The highest BCUT2D eigenvalue weighted by Gasteiger charge is 2.31. The van der Waals surface area contributed by atoms with Crippen LogP contribution >= 0.6 is 23.4 Å². The number of thioether (sulfide) groups is 1. The minimum absolute atomic E-state index is 0.175. The van der Waals surface area contributed by atoms with Gasteiger partial charge in [0.05, 0.1) is 17.8 Å². The molecule has 0 atom stereocenters. The summed E-state index contributed by atoms with van der Waals surface area (Å²) in [4.78, 5) is 18.9. The number of benzene rings is 2. The summed E-state index contributed by atoms with van der Waals surface area (Å²) in [5.74, 6) is 0.390. The van der Waals surface area contributed by atoms with Crippen molar-refractivity contribution in [1.29, 1.82) is 0 Å². The van der Waals surface area contributed by atoms with Crippen LogP contribution < -0.4 is 9.64 Å². The number of ether oxygens (including phenoxy) is 1. The van der Waals surface area contributed by atoms with Gasteiger partial charge in [0.1, 0.15) is 11.4 Å². The lowest BCUT2D eigenvalue weighted by atomic mass is 10.1. The van der Waals surface area contributed by atoms with Gasteiger partial charge >= 0.3 is 0 Å². The average molecular weight is 373 g/mol. The molecule has 0 saturated heterocycles. The summed E-state index contributed by atoms with van der Waals surface area (Å²) in [6, 6.07) is 13.2. The third-order valence-electron chi connectivity index (χ3n) is 3.79. The zero-order valence-electron chi connectivity index (χ0n) is 14.1. The first kappa shape index (κ1) is 17.6. The maximum atomic E-state index is 12.9. The molecule has 0 aromatic heterocycles. The summed E-state index contributed by atoms with van der Waals surface area (Å²) in [6.07, 6.45) is 3.68. The number of carbonyl (C=O) groups excluding carboxylic acids is 1. The highest BCUT2D eigenvalue weighted by molar-refractivity contribution is 8.13. The molecular formula is C19H17ClN2O2S. The van der Waals surface area contributed by atoms with Gasteiger partial charge in [0.15, 0.2) is 5.17 Å². The topological polar surface area (TPSA) is 41.9 Å². The van der Waals surface area contributed by atoms with E-state index < -0.39 is 0 Å². The van der Waals surface area contributed by atoms with Crippen molar-refractivity contribution in [2.24, 2.45) is 4.99 Å². The number of carbonyl (C=O) groups is 1. The number of methoxy groups -OCH3 is 1.